The van der Waals surface area contributed by atoms with Gasteiger partial charge in [-0.05, 0) is 44.9 Å². The first-order chi connectivity index (χ1) is 43.5. The first-order valence-electron chi connectivity index (χ1n) is 38.7. The molecule has 0 aliphatic carbocycles. The molecule has 0 aromatic heterocycles. The maximum atomic E-state index is 13.2. The summed E-state index contributed by atoms with van der Waals surface area (Å²) < 4.78 is 48.1. The van der Waals surface area contributed by atoms with Gasteiger partial charge in [-0.3, -0.25) is 9.35 Å². The Kier molecular flexibility index (Phi) is 62.8. The Hall–Kier alpha value is -1.42. The van der Waals surface area contributed by atoms with E-state index in [0.717, 1.165) is 38.5 Å². The predicted octanol–water partition coefficient (Wildman–Crippen LogP) is 21.0. The van der Waals surface area contributed by atoms with E-state index in [2.05, 4.69) is 35.5 Å². The molecular weight excluding hydrogens is 1130 g/mol. The minimum absolute atomic E-state index is 0.254. The maximum absolute atomic E-state index is 13.2. The van der Waals surface area contributed by atoms with E-state index in [1.54, 1.807) is 6.08 Å². The molecule has 7 unspecified atom stereocenters. The van der Waals surface area contributed by atoms with Gasteiger partial charge in [-0.15, -0.1) is 0 Å². The third kappa shape index (κ3) is 56.6. The molecule has 1 rings (SSSR count). The molecule has 13 heteroatoms. The zero-order valence-corrected chi connectivity index (χ0v) is 59.1. The van der Waals surface area contributed by atoms with Crippen LogP contribution in [-0.2, 0) is 28.9 Å². The van der Waals surface area contributed by atoms with Crippen molar-refractivity contribution in [1.29, 1.82) is 0 Å². The number of allylic oxidation sites excluding steroid dienone is 3. The summed E-state index contributed by atoms with van der Waals surface area (Å²) in [5.41, 5.74) is 0. The van der Waals surface area contributed by atoms with E-state index in [1.807, 2.05) is 6.08 Å². The minimum atomic E-state index is -5.10. The van der Waals surface area contributed by atoms with Crippen LogP contribution in [0.2, 0.25) is 0 Å². The number of aliphatic hydroxyl groups is 4. The second-order valence-corrected chi connectivity index (χ2v) is 28.3. The lowest BCUT2D eigenvalue weighted by Gasteiger charge is -2.41. The minimum Gasteiger partial charge on any atom is -0.394 e. The van der Waals surface area contributed by atoms with Crippen LogP contribution >= 0.6 is 0 Å². The molecule has 1 aliphatic rings. The van der Waals surface area contributed by atoms with Crippen LogP contribution in [0.3, 0.4) is 0 Å². The van der Waals surface area contributed by atoms with Gasteiger partial charge in [0, 0.05) is 6.42 Å². The van der Waals surface area contributed by atoms with E-state index in [0.29, 0.717) is 6.42 Å². The van der Waals surface area contributed by atoms with Gasteiger partial charge in [0.15, 0.2) is 6.29 Å². The Morgan fingerprint density at radius 3 is 1.01 bits per heavy atom. The second kappa shape index (κ2) is 65.3. The van der Waals surface area contributed by atoms with Gasteiger partial charge in [0.2, 0.25) is 5.91 Å². The third-order valence-corrected chi connectivity index (χ3v) is 19.2. The van der Waals surface area contributed by atoms with Crippen molar-refractivity contribution in [1.82, 2.24) is 5.32 Å². The van der Waals surface area contributed by atoms with E-state index in [9.17, 15) is 38.2 Å². The summed E-state index contributed by atoms with van der Waals surface area (Å²) in [6, 6.07) is -0.944. The molecule has 1 fully saturated rings. The van der Waals surface area contributed by atoms with Crippen molar-refractivity contribution in [2.24, 2.45) is 0 Å². The van der Waals surface area contributed by atoms with Gasteiger partial charge in [-0.1, -0.05) is 372 Å². The van der Waals surface area contributed by atoms with Crippen molar-refractivity contribution in [3.05, 3.63) is 24.3 Å². The smallest absolute Gasteiger partial charge is 0.394 e. The highest BCUT2D eigenvalue weighted by Gasteiger charge is 2.48. The van der Waals surface area contributed by atoms with Gasteiger partial charge < -0.3 is 35.2 Å². The number of unbranched alkanes of at least 4 members (excludes halogenated alkanes) is 56. The molecule has 0 aromatic rings. The first kappa shape index (κ1) is 85.6. The van der Waals surface area contributed by atoms with E-state index in [1.165, 1.54) is 334 Å². The fourth-order valence-electron chi connectivity index (χ4n) is 12.8. The van der Waals surface area contributed by atoms with Crippen LogP contribution in [-0.4, -0.2) is 95.4 Å². The molecule has 0 aromatic carbocycles. The number of amides is 1. The quantitative estimate of drug-likeness (QED) is 0.0193. The molecule has 6 N–H and O–H groups in total. The van der Waals surface area contributed by atoms with Gasteiger partial charge in [0.1, 0.15) is 24.4 Å². The SMILES string of the molecule is CCCCCCCCCCCCCCCCCC/C=C\CCCCCCCCCCCCCCCCCCCC(=O)NC(COC1OC(CO)C(O)C(OS(=O)(=O)O)C1O)C(O)/C=C/CCCCCCCCCCCCCCCCCCCCCCCCC. The zero-order valence-electron chi connectivity index (χ0n) is 58.3. The lowest BCUT2D eigenvalue weighted by Crippen LogP contribution is -2.61. The topological polar surface area (TPSA) is 192 Å². The standard InChI is InChI=1S/C76H147NO11S/c1-3-5-7-9-11-13-15-17-19-21-23-25-27-29-30-31-32-33-34-35-36-37-38-39-40-42-44-46-48-50-52-54-56-58-60-62-64-66-72(80)77-69(68-86-76-74(82)75(88-89(83,84)85)73(81)71(67-78)87-76)70(79)65-63-61-59-57-55-53-51-49-47-45-43-41-28-26-24-22-20-18-16-14-12-10-8-6-4-2/h33-34,63,65,69-71,73-76,78-79,81-82H,3-32,35-62,64,66-68H2,1-2H3,(H,77,80)(H,83,84,85)/b34-33-,65-63+. The molecule has 12 nitrogen and oxygen atoms in total. The summed E-state index contributed by atoms with van der Waals surface area (Å²) >= 11 is 0. The number of aliphatic hydroxyl groups excluding tert-OH is 4. The number of nitrogens with one attached hydrogen (secondary N) is 1. The summed E-state index contributed by atoms with van der Waals surface area (Å²) in [5.74, 6) is -0.254. The highest BCUT2D eigenvalue weighted by atomic mass is 32.3. The molecule has 7 atom stereocenters. The Morgan fingerprint density at radius 2 is 0.719 bits per heavy atom. The number of ether oxygens (including phenoxy) is 2. The summed E-state index contributed by atoms with van der Waals surface area (Å²) in [7, 11) is -5.10. The van der Waals surface area contributed by atoms with Crippen LogP contribution in [0.5, 0.6) is 0 Å². The lowest BCUT2D eigenvalue weighted by atomic mass is 9.99. The van der Waals surface area contributed by atoms with Crippen molar-refractivity contribution in [2.45, 2.75) is 442 Å². The van der Waals surface area contributed by atoms with Crippen molar-refractivity contribution in [2.75, 3.05) is 13.2 Å². The van der Waals surface area contributed by atoms with Crippen LogP contribution in [0, 0.1) is 0 Å². The molecule has 1 saturated heterocycles. The first-order valence-corrected chi connectivity index (χ1v) is 40.1. The van der Waals surface area contributed by atoms with E-state index >= 15 is 0 Å². The maximum Gasteiger partial charge on any atom is 0.397 e. The average molecular weight is 1280 g/mol. The molecule has 528 valence electrons. The molecular formula is C76H147NO11S. The van der Waals surface area contributed by atoms with Crippen molar-refractivity contribution in [3.63, 3.8) is 0 Å². The zero-order chi connectivity index (χ0) is 64.6. The van der Waals surface area contributed by atoms with E-state index in [4.69, 9.17) is 9.47 Å². The highest BCUT2D eigenvalue weighted by molar-refractivity contribution is 7.80. The van der Waals surface area contributed by atoms with Gasteiger partial charge in [0.05, 0.1) is 25.4 Å². The number of hydrogen-bond acceptors (Lipinski definition) is 10. The predicted molar refractivity (Wildman–Crippen MR) is 375 cm³/mol. The molecule has 89 heavy (non-hydrogen) atoms. The Bertz CT molecular complexity index is 1650. The van der Waals surface area contributed by atoms with Crippen LogP contribution in [0.1, 0.15) is 399 Å². The van der Waals surface area contributed by atoms with Crippen LogP contribution in [0.15, 0.2) is 24.3 Å². The van der Waals surface area contributed by atoms with Crippen LogP contribution in [0.4, 0.5) is 0 Å². The van der Waals surface area contributed by atoms with Gasteiger partial charge >= 0.3 is 10.4 Å². The van der Waals surface area contributed by atoms with Gasteiger partial charge in [0.25, 0.3) is 0 Å². The lowest BCUT2D eigenvalue weighted by molar-refractivity contribution is -0.298. The van der Waals surface area contributed by atoms with Crippen molar-refractivity contribution < 1.29 is 51.8 Å². The summed E-state index contributed by atoms with van der Waals surface area (Å²) in [6.45, 7) is 3.47. The Balaban J connectivity index is 2.18. The van der Waals surface area contributed by atoms with Gasteiger partial charge in [-0.25, -0.2) is 4.18 Å². The normalized spacial score (nSPS) is 18.0. The van der Waals surface area contributed by atoms with Gasteiger partial charge in [-0.2, -0.15) is 8.42 Å². The third-order valence-electron chi connectivity index (χ3n) is 18.7. The Labute approximate surface area is 550 Å². The number of rotatable bonds is 70. The fourth-order valence-corrected chi connectivity index (χ4v) is 13.3. The highest BCUT2D eigenvalue weighted by Crippen LogP contribution is 2.27. The van der Waals surface area contributed by atoms with Crippen molar-refractivity contribution >= 4 is 16.3 Å². The number of carbonyl (C=O) groups excluding carboxylic acids is 1. The summed E-state index contributed by atoms with van der Waals surface area (Å²) in [5, 5.41) is 45.3. The Morgan fingerprint density at radius 1 is 0.438 bits per heavy atom. The monoisotopic (exact) mass is 1280 g/mol. The average Bonchev–Trinajstić information content (AvgIpc) is 1.63. The molecule has 1 amide bonds. The summed E-state index contributed by atoms with van der Waals surface area (Å²) in [4.78, 5) is 13.2. The fraction of sp³-hybridized carbons (Fsp3) is 0.934. The van der Waals surface area contributed by atoms with Crippen LogP contribution in [0.25, 0.3) is 0 Å². The molecule has 0 bridgehead atoms. The van der Waals surface area contributed by atoms with Crippen LogP contribution < -0.4 is 5.32 Å². The molecule has 0 spiro atoms. The largest absolute Gasteiger partial charge is 0.397 e. The van der Waals surface area contributed by atoms with Crippen molar-refractivity contribution in [3.8, 4) is 0 Å². The second-order valence-electron chi connectivity index (χ2n) is 27.3. The number of hydrogen-bond donors (Lipinski definition) is 6. The molecule has 0 radical (unpaired) electrons. The van der Waals surface area contributed by atoms with E-state index < -0.39 is 59.9 Å². The summed E-state index contributed by atoms with van der Waals surface area (Å²) in [6.07, 6.45) is 77.1. The molecule has 1 aliphatic heterocycles. The molecule has 1 heterocycles. The van der Waals surface area contributed by atoms with E-state index in [-0.39, 0.29) is 18.9 Å². The molecule has 0 saturated carbocycles. The number of carbonyl (C=O) groups is 1.